The number of hydrogen-bond acceptors (Lipinski definition) is 2. The fourth-order valence-corrected chi connectivity index (χ4v) is 3.10. The van der Waals surface area contributed by atoms with E-state index in [9.17, 15) is 4.79 Å². The number of nitrogens with one attached hydrogen (secondary N) is 1. The van der Waals surface area contributed by atoms with Gasteiger partial charge in [0, 0.05) is 19.1 Å². The first-order valence-corrected chi connectivity index (χ1v) is 8.63. The van der Waals surface area contributed by atoms with E-state index in [0.717, 1.165) is 25.9 Å². The van der Waals surface area contributed by atoms with Gasteiger partial charge in [-0.15, -0.1) is 0 Å². The third kappa shape index (κ3) is 7.30. The van der Waals surface area contributed by atoms with Gasteiger partial charge in [-0.05, 0) is 50.9 Å². The molecule has 1 saturated heterocycles. The molecular formula is C18H35NO2. The van der Waals surface area contributed by atoms with E-state index in [1.54, 1.807) is 0 Å². The summed E-state index contributed by atoms with van der Waals surface area (Å²) in [6.45, 7) is 13.9. The molecule has 1 amide bonds. The third-order valence-corrected chi connectivity index (χ3v) is 4.57. The summed E-state index contributed by atoms with van der Waals surface area (Å²) in [6, 6.07) is 0.277. The summed E-state index contributed by atoms with van der Waals surface area (Å²) in [6.07, 6.45) is 4.88. The van der Waals surface area contributed by atoms with Gasteiger partial charge in [0.05, 0.1) is 5.60 Å². The molecule has 1 aliphatic heterocycles. The van der Waals surface area contributed by atoms with Crippen LogP contribution in [0.25, 0.3) is 0 Å². The van der Waals surface area contributed by atoms with E-state index < -0.39 is 0 Å². The lowest BCUT2D eigenvalue weighted by Gasteiger charge is -2.36. The lowest BCUT2D eigenvalue weighted by atomic mass is 9.85. The number of amides is 1. The summed E-state index contributed by atoms with van der Waals surface area (Å²) in [4.78, 5) is 12.3. The van der Waals surface area contributed by atoms with Gasteiger partial charge in [-0.1, -0.05) is 34.1 Å². The Balaban J connectivity index is 2.42. The Morgan fingerprint density at radius 2 is 1.90 bits per heavy atom. The quantitative estimate of drug-likeness (QED) is 0.766. The van der Waals surface area contributed by atoms with Crippen molar-refractivity contribution in [3.8, 4) is 0 Å². The van der Waals surface area contributed by atoms with E-state index in [1.807, 2.05) is 0 Å². The Bertz CT molecular complexity index is 323. The molecule has 0 saturated carbocycles. The smallest absolute Gasteiger partial charge is 0.220 e. The average molecular weight is 297 g/mol. The van der Waals surface area contributed by atoms with Crippen LogP contribution in [0.5, 0.6) is 0 Å². The molecule has 2 atom stereocenters. The van der Waals surface area contributed by atoms with Crippen molar-refractivity contribution in [1.82, 2.24) is 5.32 Å². The largest absolute Gasteiger partial charge is 0.375 e. The van der Waals surface area contributed by atoms with Crippen LogP contribution in [0.3, 0.4) is 0 Å². The average Bonchev–Trinajstić information content (AvgIpc) is 2.32. The summed E-state index contributed by atoms with van der Waals surface area (Å²) >= 11 is 0. The Hall–Kier alpha value is -0.570. The molecule has 0 bridgehead atoms. The van der Waals surface area contributed by atoms with Crippen molar-refractivity contribution in [3.63, 3.8) is 0 Å². The van der Waals surface area contributed by atoms with Gasteiger partial charge >= 0.3 is 0 Å². The van der Waals surface area contributed by atoms with Gasteiger partial charge < -0.3 is 10.1 Å². The van der Waals surface area contributed by atoms with Crippen LogP contribution in [-0.2, 0) is 9.53 Å². The maximum atomic E-state index is 12.3. The molecule has 1 N–H and O–H groups in total. The third-order valence-electron chi connectivity index (χ3n) is 4.57. The molecular weight excluding hydrogens is 262 g/mol. The first kappa shape index (κ1) is 18.5. The first-order chi connectivity index (χ1) is 9.69. The van der Waals surface area contributed by atoms with E-state index in [4.69, 9.17) is 4.74 Å². The number of ether oxygens (including phenoxy) is 1. The van der Waals surface area contributed by atoms with Gasteiger partial charge in [0.25, 0.3) is 0 Å². The zero-order valence-electron chi connectivity index (χ0n) is 14.9. The highest BCUT2D eigenvalue weighted by Crippen LogP contribution is 2.26. The molecule has 3 nitrogen and oxygen atoms in total. The Morgan fingerprint density at radius 3 is 2.43 bits per heavy atom. The summed E-state index contributed by atoms with van der Waals surface area (Å²) in [5, 5.41) is 3.23. The zero-order valence-corrected chi connectivity index (χ0v) is 14.9. The van der Waals surface area contributed by atoms with Gasteiger partial charge in [0.1, 0.15) is 0 Å². The molecule has 0 spiro atoms. The predicted octanol–water partition coefficient (Wildman–Crippen LogP) is 4.16. The van der Waals surface area contributed by atoms with Gasteiger partial charge in [-0.25, -0.2) is 0 Å². The minimum Gasteiger partial charge on any atom is -0.375 e. The van der Waals surface area contributed by atoms with E-state index in [0.29, 0.717) is 24.2 Å². The molecule has 1 rings (SSSR count). The second-order valence-corrected chi connectivity index (χ2v) is 8.04. The molecule has 0 aromatic carbocycles. The van der Waals surface area contributed by atoms with Crippen LogP contribution in [0, 0.1) is 17.8 Å². The maximum absolute atomic E-state index is 12.3. The molecule has 1 aliphatic rings. The van der Waals surface area contributed by atoms with Crippen molar-refractivity contribution < 1.29 is 9.53 Å². The van der Waals surface area contributed by atoms with Crippen LogP contribution in [0.15, 0.2) is 0 Å². The topological polar surface area (TPSA) is 38.3 Å². The second-order valence-electron chi connectivity index (χ2n) is 8.04. The van der Waals surface area contributed by atoms with Crippen LogP contribution in [0.1, 0.15) is 73.6 Å². The van der Waals surface area contributed by atoms with Crippen LogP contribution >= 0.6 is 0 Å². The van der Waals surface area contributed by atoms with Crippen LogP contribution < -0.4 is 5.32 Å². The lowest BCUT2D eigenvalue weighted by Crippen LogP contribution is -2.46. The molecule has 2 unspecified atom stereocenters. The van der Waals surface area contributed by atoms with E-state index in [1.165, 1.54) is 6.42 Å². The summed E-state index contributed by atoms with van der Waals surface area (Å²) in [7, 11) is 0. The highest BCUT2D eigenvalue weighted by atomic mass is 16.5. The molecule has 124 valence electrons. The van der Waals surface area contributed by atoms with E-state index in [2.05, 4.69) is 46.9 Å². The van der Waals surface area contributed by atoms with E-state index in [-0.39, 0.29) is 17.6 Å². The van der Waals surface area contributed by atoms with Crippen LogP contribution in [0.4, 0.5) is 0 Å². The molecule has 0 aromatic heterocycles. The number of carbonyl (C=O) groups is 1. The summed E-state index contributed by atoms with van der Waals surface area (Å²) in [5.41, 5.74) is -0.106. The Kier molecular flexibility index (Phi) is 7.19. The van der Waals surface area contributed by atoms with Crippen molar-refractivity contribution in [2.24, 2.45) is 17.8 Å². The maximum Gasteiger partial charge on any atom is 0.220 e. The van der Waals surface area contributed by atoms with Crippen molar-refractivity contribution in [2.75, 3.05) is 6.61 Å². The lowest BCUT2D eigenvalue weighted by molar-refractivity contribution is -0.125. The summed E-state index contributed by atoms with van der Waals surface area (Å²) in [5.74, 6) is 2.01. The van der Waals surface area contributed by atoms with Gasteiger partial charge in [-0.2, -0.15) is 0 Å². The number of rotatable bonds is 7. The zero-order chi connectivity index (χ0) is 16.0. The second kappa shape index (κ2) is 8.17. The van der Waals surface area contributed by atoms with Gasteiger partial charge in [0.2, 0.25) is 5.91 Å². The first-order valence-electron chi connectivity index (χ1n) is 8.63. The Morgan fingerprint density at radius 1 is 1.24 bits per heavy atom. The molecule has 0 radical (unpaired) electrons. The molecule has 3 heteroatoms. The fourth-order valence-electron chi connectivity index (χ4n) is 3.10. The van der Waals surface area contributed by atoms with Crippen LogP contribution in [-0.4, -0.2) is 24.2 Å². The summed E-state index contributed by atoms with van der Waals surface area (Å²) < 4.78 is 5.71. The predicted molar refractivity (Wildman–Crippen MR) is 88.2 cm³/mol. The molecule has 21 heavy (non-hydrogen) atoms. The van der Waals surface area contributed by atoms with Crippen molar-refractivity contribution in [3.05, 3.63) is 0 Å². The highest BCUT2D eigenvalue weighted by Gasteiger charge is 2.30. The fraction of sp³-hybridized carbons (Fsp3) is 0.944. The standard InChI is InChI=1S/C18H35NO2/c1-13(2)7-8-15(14(3)4)11-17(20)19-16-9-10-21-18(5,6)12-16/h13-16H,7-12H2,1-6H3,(H,19,20). The highest BCUT2D eigenvalue weighted by molar-refractivity contribution is 5.76. The van der Waals surface area contributed by atoms with Crippen molar-refractivity contribution >= 4 is 5.91 Å². The number of carbonyl (C=O) groups excluding carboxylic acids is 1. The van der Waals surface area contributed by atoms with Gasteiger partial charge in [-0.3, -0.25) is 4.79 Å². The molecule has 0 aliphatic carbocycles. The minimum atomic E-state index is -0.106. The van der Waals surface area contributed by atoms with Crippen molar-refractivity contribution in [1.29, 1.82) is 0 Å². The van der Waals surface area contributed by atoms with Gasteiger partial charge in [0.15, 0.2) is 0 Å². The molecule has 1 heterocycles. The Labute approximate surface area is 131 Å². The SMILES string of the molecule is CC(C)CCC(CC(=O)NC1CCOC(C)(C)C1)C(C)C. The minimum absolute atomic E-state index is 0.106. The van der Waals surface area contributed by atoms with Crippen molar-refractivity contribution in [2.45, 2.75) is 85.3 Å². The van der Waals surface area contributed by atoms with Crippen LogP contribution in [0.2, 0.25) is 0 Å². The number of hydrogen-bond donors (Lipinski definition) is 1. The van der Waals surface area contributed by atoms with E-state index >= 15 is 0 Å². The monoisotopic (exact) mass is 297 g/mol. The normalized spacial score (nSPS) is 23.3. The molecule has 1 fully saturated rings. The molecule has 0 aromatic rings.